The minimum atomic E-state index is -0.250. The van der Waals surface area contributed by atoms with E-state index in [1.165, 1.54) is 71.3 Å². The third-order valence-corrected chi connectivity index (χ3v) is 11.3. The Labute approximate surface area is 309 Å². The number of hydrogen-bond acceptors (Lipinski definition) is 1. The number of halogens is 1. The largest absolute Gasteiger partial charge is 0.310 e. The average Bonchev–Trinajstić information content (AvgIpc) is 3.43. The molecule has 1 aliphatic rings. The molecule has 0 aliphatic heterocycles. The molecule has 0 bridgehead atoms. The lowest BCUT2D eigenvalue weighted by Gasteiger charge is -2.28. The molecule has 0 atom stereocenters. The van der Waals surface area contributed by atoms with Gasteiger partial charge in [-0.15, -0.1) is 0 Å². The van der Waals surface area contributed by atoms with E-state index >= 15 is 0 Å². The monoisotopic (exact) mass is 681 g/mol. The van der Waals surface area contributed by atoms with Crippen LogP contribution in [0.15, 0.2) is 182 Å². The Bertz CT molecular complexity index is 2800. The van der Waals surface area contributed by atoms with Gasteiger partial charge in [0.2, 0.25) is 0 Å². The van der Waals surface area contributed by atoms with E-state index in [2.05, 4.69) is 176 Å². The van der Waals surface area contributed by atoms with Gasteiger partial charge in [-0.2, -0.15) is 0 Å². The summed E-state index contributed by atoms with van der Waals surface area (Å²) in [6.07, 6.45) is 0. The van der Waals surface area contributed by atoms with Crippen molar-refractivity contribution in [1.82, 2.24) is 0 Å². The van der Waals surface area contributed by atoms with Gasteiger partial charge in [-0.3, -0.25) is 0 Å². The van der Waals surface area contributed by atoms with Crippen molar-refractivity contribution < 1.29 is 4.39 Å². The van der Waals surface area contributed by atoms with Crippen LogP contribution in [0, 0.1) is 5.82 Å². The van der Waals surface area contributed by atoms with Gasteiger partial charge in [0, 0.05) is 22.5 Å². The third kappa shape index (κ3) is 4.90. The Balaban J connectivity index is 1.14. The highest BCUT2D eigenvalue weighted by Crippen LogP contribution is 2.51. The smallest absolute Gasteiger partial charge is 0.123 e. The second-order valence-corrected chi connectivity index (χ2v) is 14.6. The Kier molecular flexibility index (Phi) is 7.10. The van der Waals surface area contributed by atoms with Crippen molar-refractivity contribution >= 4 is 49.4 Å². The van der Waals surface area contributed by atoms with Crippen LogP contribution >= 0.6 is 0 Å². The molecule has 0 N–H and O–H groups in total. The molecule has 0 saturated heterocycles. The fourth-order valence-electron chi connectivity index (χ4n) is 8.82. The maximum Gasteiger partial charge on any atom is 0.123 e. The summed E-state index contributed by atoms with van der Waals surface area (Å²) in [6, 6.07) is 64.1. The molecule has 0 spiro atoms. The highest BCUT2D eigenvalue weighted by molar-refractivity contribution is 6.23. The molecule has 9 aromatic carbocycles. The topological polar surface area (TPSA) is 3.24 Å². The first-order chi connectivity index (χ1) is 26.0. The standard InChI is InChI=1S/C51H36FN/c1-51(2)47-21-10-9-15-40(47)41-31-30-38(32-48(41)51)53(37-28-24-35(52)25-29-37)36-26-22-34(23-27-36)49-43-16-5-7-18-45(43)50(46-19-8-6-17-44(46)49)42-20-11-13-33-12-3-4-14-39(33)42/h3-32H,1-2H3. The molecule has 0 radical (unpaired) electrons. The van der Waals surface area contributed by atoms with E-state index in [1.54, 1.807) is 12.1 Å². The van der Waals surface area contributed by atoms with Gasteiger partial charge in [-0.05, 0) is 125 Å². The first-order valence-electron chi connectivity index (χ1n) is 18.3. The first-order valence-corrected chi connectivity index (χ1v) is 18.3. The van der Waals surface area contributed by atoms with Crippen LogP contribution in [0.2, 0.25) is 0 Å². The van der Waals surface area contributed by atoms with Gasteiger partial charge in [0.25, 0.3) is 0 Å². The van der Waals surface area contributed by atoms with Gasteiger partial charge in [0.05, 0.1) is 0 Å². The summed E-state index contributed by atoms with van der Waals surface area (Å²) in [5.41, 5.74) is 12.9. The zero-order chi connectivity index (χ0) is 35.7. The summed E-state index contributed by atoms with van der Waals surface area (Å²) in [5, 5.41) is 7.39. The van der Waals surface area contributed by atoms with E-state index < -0.39 is 0 Å². The highest BCUT2D eigenvalue weighted by Gasteiger charge is 2.35. The lowest BCUT2D eigenvalue weighted by atomic mass is 9.82. The van der Waals surface area contributed by atoms with Crippen molar-refractivity contribution in [3.8, 4) is 33.4 Å². The van der Waals surface area contributed by atoms with Crippen LogP contribution in [0.4, 0.5) is 21.5 Å². The molecule has 0 unspecified atom stereocenters. The van der Waals surface area contributed by atoms with Crippen molar-refractivity contribution in [2.75, 3.05) is 4.90 Å². The maximum atomic E-state index is 14.3. The van der Waals surface area contributed by atoms with Crippen LogP contribution < -0.4 is 4.90 Å². The third-order valence-electron chi connectivity index (χ3n) is 11.3. The van der Waals surface area contributed by atoms with Crippen LogP contribution in [0.1, 0.15) is 25.0 Å². The minimum Gasteiger partial charge on any atom is -0.310 e. The summed E-state index contributed by atoms with van der Waals surface area (Å²) in [5.74, 6) is -0.250. The molecular weight excluding hydrogens is 646 g/mol. The molecule has 252 valence electrons. The zero-order valence-corrected chi connectivity index (χ0v) is 29.6. The Morgan fingerprint density at radius 3 is 1.57 bits per heavy atom. The second kappa shape index (κ2) is 12.0. The molecule has 0 amide bonds. The van der Waals surface area contributed by atoms with E-state index in [9.17, 15) is 4.39 Å². The number of benzene rings is 9. The predicted molar refractivity (Wildman–Crippen MR) is 222 cm³/mol. The predicted octanol–water partition coefficient (Wildman–Crippen LogP) is 14.4. The van der Waals surface area contributed by atoms with Gasteiger partial charge in [-0.1, -0.05) is 147 Å². The molecule has 0 fully saturated rings. The van der Waals surface area contributed by atoms with Gasteiger partial charge in [0.15, 0.2) is 0 Å². The number of rotatable bonds is 5. The quantitative estimate of drug-likeness (QED) is 0.163. The molecule has 2 heteroatoms. The van der Waals surface area contributed by atoms with E-state index in [-0.39, 0.29) is 11.2 Å². The lowest BCUT2D eigenvalue weighted by molar-refractivity contribution is 0.628. The van der Waals surface area contributed by atoms with Crippen molar-refractivity contribution in [1.29, 1.82) is 0 Å². The average molecular weight is 682 g/mol. The first kappa shape index (κ1) is 31.2. The Morgan fingerprint density at radius 1 is 0.396 bits per heavy atom. The van der Waals surface area contributed by atoms with Crippen LogP contribution in [0.5, 0.6) is 0 Å². The molecule has 0 aromatic heterocycles. The molecule has 0 saturated carbocycles. The molecular formula is C51H36FN. The van der Waals surface area contributed by atoms with Crippen LogP contribution in [-0.2, 0) is 5.41 Å². The van der Waals surface area contributed by atoms with Gasteiger partial charge < -0.3 is 4.90 Å². The van der Waals surface area contributed by atoms with Crippen molar-refractivity contribution in [3.63, 3.8) is 0 Å². The Hall–Kier alpha value is -6.51. The molecule has 0 heterocycles. The van der Waals surface area contributed by atoms with Gasteiger partial charge in [-0.25, -0.2) is 4.39 Å². The van der Waals surface area contributed by atoms with E-state index in [1.807, 2.05) is 12.1 Å². The van der Waals surface area contributed by atoms with E-state index in [0.29, 0.717) is 0 Å². The molecule has 10 rings (SSSR count). The fraction of sp³-hybridized carbons (Fsp3) is 0.0588. The molecule has 1 nitrogen and oxygen atoms in total. The van der Waals surface area contributed by atoms with E-state index in [0.717, 1.165) is 22.6 Å². The van der Waals surface area contributed by atoms with Crippen LogP contribution in [-0.4, -0.2) is 0 Å². The summed E-state index contributed by atoms with van der Waals surface area (Å²) in [6.45, 7) is 4.61. The number of fused-ring (bicyclic) bond motifs is 6. The highest BCUT2D eigenvalue weighted by atomic mass is 19.1. The number of anilines is 3. The molecule has 53 heavy (non-hydrogen) atoms. The van der Waals surface area contributed by atoms with Crippen LogP contribution in [0.3, 0.4) is 0 Å². The van der Waals surface area contributed by atoms with Crippen LogP contribution in [0.25, 0.3) is 65.7 Å². The maximum absolute atomic E-state index is 14.3. The fourth-order valence-corrected chi connectivity index (χ4v) is 8.82. The molecule has 1 aliphatic carbocycles. The van der Waals surface area contributed by atoms with Crippen molar-refractivity contribution in [3.05, 3.63) is 199 Å². The lowest BCUT2D eigenvalue weighted by Crippen LogP contribution is -2.16. The van der Waals surface area contributed by atoms with Gasteiger partial charge >= 0.3 is 0 Å². The normalized spacial score (nSPS) is 13.0. The number of nitrogens with zero attached hydrogens (tertiary/aromatic N) is 1. The summed E-state index contributed by atoms with van der Waals surface area (Å²) >= 11 is 0. The Morgan fingerprint density at radius 2 is 0.887 bits per heavy atom. The zero-order valence-electron chi connectivity index (χ0n) is 29.6. The molecule has 9 aromatic rings. The number of hydrogen-bond donors (Lipinski definition) is 0. The SMILES string of the molecule is CC1(C)c2ccccc2-c2ccc(N(c3ccc(F)cc3)c3ccc(-c4c5ccccc5c(-c5cccc6ccccc56)c5ccccc45)cc3)cc21. The summed E-state index contributed by atoms with van der Waals surface area (Å²) < 4.78 is 14.3. The summed E-state index contributed by atoms with van der Waals surface area (Å²) in [7, 11) is 0. The van der Waals surface area contributed by atoms with Crippen molar-refractivity contribution in [2.45, 2.75) is 19.3 Å². The second-order valence-electron chi connectivity index (χ2n) is 14.6. The minimum absolute atomic E-state index is 0.138. The summed E-state index contributed by atoms with van der Waals surface area (Å²) in [4.78, 5) is 2.24. The van der Waals surface area contributed by atoms with Crippen molar-refractivity contribution in [2.24, 2.45) is 0 Å². The van der Waals surface area contributed by atoms with Gasteiger partial charge in [0.1, 0.15) is 5.82 Å². The van der Waals surface area contributed by atoms with E-state index in [4.69, 9.17) is 0 Å².